The van der Waals surface area contributed by atoms with E-state index < -0.39 is 0 Å². The van der Waals surface area contributed by atoms with Crippen molar-refractivity contribution in [3.05, 3.63) is 11.9 Å². The van der Waals surface area contributed by atoms with E-state index in [0.717, 1.165) is 37.9 Å². The maximum atomic E-state index is 5.98. The lowest BCUT2D eigenvalue weighted by Gasteiger charge is -2.35. The van der Waals surface area contributed by atoms with Crippen LogP contribution in [0.4, 0.5) is 5.95 Å². The first-order chi connectivity index (χ1) is 10.3. The minimum atomic E-state index is 0.257. The number of imidazole rings is 1. The van der Waals surface area contributed by atoms with Crippen LogP contribution in [0.2, 0.25) is 0 Å². The molecule has 3 rings (SSSR count). The van der Waals surface area contributed by atoms with Gasteiger partial charge in [-0.25, -0.2) is 4.98 Å². The summed E-state index contributed by atoms with van der Waals surface area (Å²) in [4.78, 5) is 7.11. The highest BCUT2D eigenvalue weighted by Gasteiger charge is 2.32. The van der Waals surface area contributed by atoms with Crippen LogP contribution in [0.5, 0.6) is 0 Å². The highest BCUT2D eigenvalue weighted by Crippen LogP contribution is 2.22. The Labute approximate surface area is 126 Å². The minimum absolute atomic E-state index is 0.257. The largest absolute Gasteiger partial charge is 0.383 e. The lowest BCUT2D eigenvalue weighted by atomic mass is 10.2. The molecule has 2 saturated heterocycles. The molecule has 3 heterocycles. The predicted octanol–water partition coefficient (Wildman–Crippen LogP) is 1.11. The van der Waals surface area contributed by atoms with Crippen molar-refractivity contribution in [1.82, 2.24) is 14.5 Å². The summed E-state index contributed by atoms with van der Waals surface area (Å²) in [6.07, 6.45) is 4.92. The van der Waals surface area contributed by atoms with Gasteiger partial charge in [-0.05, 0) is 26.3 Å². The van der Waals surface area contributed by atoms with E-state index in [4.69, 9.17) is 9.47 Å². The Morgan fingerprint density at radius 1 is 1.52 bits per heavy atom. The summed E-state index contributed by atoms with van der Waals surface area (Å²) >= 11 is 0. The molecule has 0 aliphatic carbocycles. The van der Waals surface area contributed by atoms with Gasteiger partial charge in [0.1, 0.15) is 0 Å². The molecule has 0 radical (unpaired) electrons. The smallest absolute Gasteiger partial charge is 0.203 e. The first-order valence-corrected chi connectivity index (χ1v) is 7.88. The molecule has 1 N–H and O–H groups in total. The number of nitrogens with one attached hydrogen (secondary N) is 1. The number of aryl methyl sites for hydroxylation is 1. The van der Waals surface area contributed by atoms with E-state index >= 15 is 0 Å². The monoisotopic (exact) mass is 294 g/mol. The highest BCUT2D eigenvalue weighted by molar-refractivity contribution is 5.29. The maximum Gasteiger partial charge on any atom is 0.203 e. The van der Waals surface area contributed by atoms with Gasteiger partial charge in [0.2, 0.25) is 5.95 Å². The Hall–Kier alpha value is -1.11. The van der Waals surface area contributed by atoms with E-state index in [1.165, 1.54) is 19.4 Å². The first-order valence-electron chi connectivity index (χ1n) is 7.88. The van der Waals surface area contributed by atoms with Gasteiger partial charge >= 0.3 is 0 Å². The van der Waals surface area contributed by atoms with Gasteiger partial charge in [-0.15, -0.1) is 0 Å². The summed E-state index contributed by atoms with van der Waals surface area (Å²) in [5, 5.41) is 3.44. The average molecular weight is 294 g/mol. The van der Waals surface area contributed by atoms with Crippen LogP contribution in [0, 0.1) is 6.92 Å². The van der Waals surface area contributed by atoms with E-state index in [1.54, 1.807) is 7.11 Å². The van der Waals surface area contributed by atoms with Gasteiger partial charge in [0.25, 0.3) is 0 Å². The van der Waals surface area contributed by atoms with Crippen LogP contribution >= 0.6 is 0 Å². The molecule has 2 fully saturated rings. The molecular formula is C15H26N4O2. The van der Waals surface area contributed by atoms with E-state index in [0.29, 0.717) is 12.6 Å². The fraction of sp³-hybridized carbons (Fsp3) is 0.800. The second-order valence-corrected chi connectivity index (χ2v) is 6.02. The molecule has 2 aliphatic heterocycles. The van der Waals surface area contributed by atoms with Crippen molar-refractivity contribution < 1.29 is 9.47 Å². The summed E-state index contributed by atoms with van der Waals surface area (Å²) < 4.78 is 13.2. The number of morpholine rings is 1. The Balaban J connectivity index is 1.52. The molecule has 0 amide bonds. The molecule has 21 heavy (non-hydrogen) atoms. The lowest BCUT2D eigenvalue weighted by Crippen LogP contribution is -2.48. The standard InChI is InChI=1S/C15H26N4O2/c1-12-9-19(6-7-20-2)15(17-12)16-8-14-10-18-5-3-4-13(18)11-21-14/h9,13-14H,3-8,10-11H2,1-2H3,(H,16,17). The van der Waals surface area contributed by atoms with Crippen LogP contribution < -0.4 is 5.32 Å². The predicted molar refractivity (Wildman–Crippen MR) is 81.7 cm³/mol. The normalized spacial score (nSPS) is 26.0. The Kier molecular flexibility index (Phi) is 4.77. The van der Waals surface area contributed by atoms with Crippen molar-refractivity contribution in [3.8, 4) is 0 Å². The number of nitrogens with zero attached hydrogens (tertiary/aromatic N) is 3. The number of ether oxygens (including phenoxy) is 2. The van der Waals surface area contributed by atoms with Gasteiger partial charge in [0.05, 0.1) is 25.0 Å². The zero-order chi connectivity index (χ0) is 14.7. The highest BCUT2D eigenvalue weighted by atomic mass is 16.5. The molecule has 6 nitrogen and oxygen atoms in total. The summed E-state index contributed by atoms with van der Waals surface area (Å²) in [7, 11) is 1.72. The number of anilines is 1. The van der Waals surface area contributed by atoms with Crippen LogP contribution in [-0.4, -0.2) is 66.6 Å². The van der Waals surface area contributed by atoms with Gasteiger partial charge in [-0.3, -0.25) is 4.90 Å². The third kappa shape index (κ3) is 3.56. The number of fused-ring (bicyclic) bond motifs is 1. The van der Waals surface area contributed by atoms with Crippen LogP contribution in [0.25, 0.3) is 0 Å². The zero-order valence-corrected chi connectivity index (χ0v) is 13.0. The van der Waals surface area contributed by atoms with E-state index in [1.807, 2.05) is 6.92 Å². The Morgan fingerprint density at radius 3 is 3.29 bits per heavy atom. The van der Waals surface area contributed by atoms with Crippen molar-refractivity contribution in [3.63, 3.8) is 0 Å². The summed E-state index contributed by atoms with van der Waals surface area (Å²) in [5.41, 5.74) is 1.03. The van der Waals surface area contributed by atoms with Crippen molar-refractivity contribution in [2.45, 2.75) is 38.5 Å². The van der Waals surface area contributed by atoms with Crippen molar-refractivity contribution in [2.75, 3.05) is 45.3 Å². The Bertz CT molecular complexity index is 463. The molecule has 0 bridgehead atoms. The molecule has 2 unspecified atom stereocenters. The number of rotatable bonds is 6. The SMILES string of the molecule is COCCn1cc(C)nc1NCC1CN2CCCC2CO1. The second-order valence-electron chi connectivity index (χ2n) is 6.02. The fourth-order valence-electron chi connectivity index (χ4n) is 3.26. The molecule has 6 heteroatoms. The topological polar surface area (TPSA) is 51.5 Å². The molecule has 2 atom stereocenters. The maximum absolute atomic E-state index is 5.98. The fourth-order valence-corrected chi connectivity index (χ4v) is 3.26. The summed E-state index contributed by atoms with van der Waals surface area (Å²) in [6, 6.07) is 0.659. The van der Waals surface area contributed by atoms with Crippen LogP contribution in [0.3, 0.4) is 0 Å². The third-order valence-electron chi connectivity index (χ3n) is 4.38. The first kappa shape index (κ1) is 14.8. The van der Waals surface area contributed by atoms with Crippen molar-refractivity contribution in [2.24, 2.45) is 0 Å². The van der Waals surface area contributed by atoms with Crippen LogP contribution in [-0.2, 0) is 16.0 Å². The van der Waals surface area contributed by atoms with Gasteiger partial charge in [-0.2, -0.15) is 0 Å². The molecule has 2 aliphatic rings. The molecule has 118 valence electrons. The molecular weight excluding hydrogens is 268 g/mol. The molecule has 0 aromatic carbocycles. The van der Waals surface area contributed by atoms with Crippen LogP contribution in [0.1, 0.15) is 18.5 Å². The molecule has 0 spiro atoms. The van der Waals surface area contributed by atoms with E-state index in [9.17, 15) is 0 Å². The molecule has 0 saturated carbocycles. The van der Waals surface area contributed by atoms with E-state index in [-0.39, 0.29) is 6.10 Å². The third-order valence-corrected chi connectivity index (χ3v) is 4.38. The second kappa shape index (κ2) is 6.77. The zero-order valence-electron chi connectivity index (χ0n) is 13.0. The quantitative estimate of drug-likeness (QED) is 0.852. The molecule has 1 aromatic rings. The van der Waals surface area contributed by atoms with Gasteiger partial charge in [-0.1, -0.05) is 0 Å². The number of hydrogen-bond donors (Lipinski definition) is 1. The Morgan fingerprint density at radius 2 is 2.43 bits per heavy atom. The van der Waals surface area contributed by atoms with E-state index in [2.05, 4.69) is 26.0 Å². The molecule has 1 aromatic heterocycles. The summed E-state index contributed by atoms with van der Waals surface area (Å²) in [5.74, 6) is 0.914. The summed E-state index contributed by atoms with van der Waals surface area (Å²) in [6.45, 7) is 7.48. The lowest BCUT2D eigenvalue weighted by molar-refractivity contribution is -0.0416. The van der Waals surface area contributed by atoms with Crippen molar-refractivity contribution in [1.29, 1.82) is 0 Å². The number of hydrogen-bond acceptors (Lipinski definition) is 5. The van der Waals surface area contributed by atoms with Gasteiger partial charge < -0.3 is 19.4 Å². The number of methoxy groups -OCH3 is 1. The van der Waals surface area contributed by atoms with Crippen molar-refractivity contribution >= 4 is 5.95 Å². The van der Waals surface area contributed by atoms with Gasteiger partial charge in [0, 0.05) is 39.0 Å². The van der Waals surface area contributed by atoms with Crippen LogP contribution in [0.15, 0.2) is 6.20 Å². The average Bonchev–Trinajstić information content (AvgIpc) is 3.08. The minimum Gasteiger partial charge on any atom is -0.383 e. The number of aromatic nitrogens is 2. The van der Waals surface area contributed by atoms with Gasteiger partial charge in [0.15, 0.2) is 0 Å².